The van der Waals surface area contributed by atoms with Gasteiger partial charge in [0.05, 0.1) is 30.7 Å². The van der Waals surface area contributed by atoms with Crippen molar-refractivity contribution < 1.29 is 22.7 Å². The van der Waals surface area contributed by atoms with Gasteiger partial charge in [0.2, 0.25) is 10.0 Å². The number of sulfonamides is 1. The Morgan fingerprint density at radius 1 is 1.03 bits per heavy atom. The maximum absolute atomic E-state index is 12.9. The highest BCUT2D eigenvalue weighted by atomic mass is 32.2. The summed E-state index contributed by atoms with van der Waals surface area (Å²) in [6.07, 6.45) is 1.70. The second-order valence-corrected chi connectivity index (χ2v) is 8.88. The Labute approximate surface area is 171 Å². The molecule has 1 N–H and O–H groups in total. The highest BCUT2D eigenvalue weighted by Gasteiger charge is 2.28. The Morgan fingerprint density at radius 2 is 1.69 bits per heavy atom. The van der Waals surface area contributed by atoms with Crippen LogP contribution in [0.1, 0.15) is 41.7 Å². The summed E-state index contributed by atoms with van der Waals surface area (Å²) in [5.74, 6) is 0.655. The smallest absolute Gasteiger partial charge is 0.255 e. The topological polar surface area (TPSA) is 84.9 Å². The van der Waals surface area contributed by atoms with Gasteiger partial charge in [-0.2, -0.15) is 4.31 Å². The van der Waals surface area contributed by atoms with Crippen molar-refractivity contribution in [2.24, 2.45) is 0 Å². The SMILES string of the molecule is COc1ccc([C@@H](C)NC(=O)c2cc(S(=O)(=O)N3CCCC3)ccc2OC)cc1. The van der Waals surface area contributed by atoms with Crippen LogP contribution in [0.5, 0.6) is 11.5 Å². The van der Waals surface area contributed by atoms with Crippen molar-refractivity contribution in [3.8, 4) is 11.5 Å². The summed E-state index contributed by atoms with van der Waals surface area (Å²) in [4.78, 5) is 13.0. The summed E-state index contributed by atoms with van der Waals surface area (Å²) in [7, 11) is -0.579. The van der Waals surface area contributed by atoms with Crippen LogP contribution in [0.2, 0.25) is 0 Å². The molecule has 1 aliphatic rings. The van der Waals surface area contributed by atoms with Crippen LogP contribution in [0.4, 0.5) is 0 Å². The fraction of sp³-hybridized carbons (Fsp3) is 0.381. The quantitative estimate of drug-likeness (QED) is 0.747. The second-order valence-electron chi connectivity index (χ2n) is 6.94. The van der Waals surface area contributed by atoms with Gasteiger partial charge in [-0.25, -0.2) is 8.42 Å². The molecule has 156 valence electrons. The lowest BCUT2D eigenvalue weighted by Crippen LogP contribution is -2.29. The number of amides is 1. The first-order chi connectivity index (χ1) is 13.9. The number of methoxy groups -OCH3 is 2. The van der Waals surface area contributed by atoms with Crippen LogP contribution in [0.3, 0.4) is 0 Å². The lowest BCUT2D eigenvalue weighted by atomic mass is 10.1. The molecule has 29 heavy (non-hydrogen) atoms. The van der Waals surface area contributed by atoms with Crippen molar-refractivity contribution in [3.63, 3.8) is 0 Å². The van der Waals surface area contributed by atoms with Crippen LogP contribution in [0.25, 0.3) is 0 Å². The van der Waals surface area contributed by atoms with E-state index in [4.69, 9.17) is 9.47 Å². The number of benzene rings is 2. The summed E-state index contributed by atoms with van der Waals surface area (Å²) in [6.45, 7) is 2.87. The zero-order valence-corrected chi connectivity index (χ0v) is 17.7. The third kappa shape index (κ3) is 4.54. The number of hydrogen-bond acceptors (Lipinski definition) is 5. The van der Waals surface area contributed by atoms with Gasteiger partial charge >= 0.3 is 0 Å². The van der Waals surface area contributed by atoms with Crippen molar-refractivity contribution in [1.29, 1.82) is 0 Å². The number of nitrogens with zero attached hydrogens (tertiary/aromatic N) is 1. The minimum absolute atomic E-state index is 0.0995. The first-order valence-electron chi connectivity index (χ1n) is 9.50. The molecule has 2 aromatic carbocycles. The van der Waals surface area contributed by atoms with Crippen molar-refractivity contribution >= 4 is 15.9 Å². The van der Waals surface area contributed by atoms with Crippen molar-refractivity contribution in [2.45, 2.75) is 30.7 Å². The van der Waals surface area contributed by atoms with E-state index < -0.39 is 15.9 Å². The summed E-state index contributed by atoms with van der Waals surface area (Å²) in [5, 5.41) is 2.90. The van der Waals surface area contributed by atoms with Crippen LogP contribution < -0.4 is 14.8 Å². The number of carbonyl (C=O) groups is 1. The van der Waals surface area contributed by atoms with Gasteiger partial charge in [-0.05, 0) is 55.7 Å². The Morgan fingerprint density at radius 3 is 2.28 bits per heavy atom. The van der Waals surface area contributed by atoms with Gasteiger partial charge in [-0.1, -0.05) is 12.1 Å². The fourth-order valence-electron chi connectivity index (χ4n) is 3.35. The van der Waals surface area contributed by atoms with Gasteiger partial charge in [0.15, 0.2) is 0 Å². The molecule has 7 nitrogen and oxygen atoms in total. The van der Waals surface area contributed by atoms with Crippen molar-refractivity contribution in [3.05, 3.63) is 53.6 Å². The number of nitrogens with one attached hydrogen (secondary N) is 1. The van der Waals surface area contributed by atoms with Gasteiger partial charge < -0.3 is 14.8 Å². The first kappa shape index (κ1) is 21.1. The molecule has 0 unspecified atom stereocenters. The second kappa shape index (κ2) is 8.84. The van der Waals surface area contributed by atoms with Gasteiger partial charge in [0.25, 0.3) is 5.91 Å². The molecule has 0 bridgehead atoms. The molecular formula is C21H26N2O5S. The summed E-state index contributed by atoms with van der Waals surface area (Å²) < 4.78 is 37.6. The van der Waals surface area contributed by atoms with Crippen molar-refractivity contribution in [2.75, 3.05) is 27.3 Å². The molecule has 0 spiro atoms. The average molecular weight is 419 g/mol. The van der Waals surface area contributed by atoms with Crippen LogP contribution in [-0.2, 0) is 10.0 Å². The molecule has 0 aliphatic carbocycles. The highest BCUT2D eigenvalue weighted by molar-refractivity contribution is 7.89. The average Bonchev–Trinajstić information content (AvgIpc) is 3.29. The Kier molecular flexibility index (Phi) is 6.44. The van der Waals surface area contributed by atoms with E-state index in [-0.39, 0.29) is 16.5 Å². The molecule has 2 aromatic rings. The largest absolute Gasteiger partial charge is 0.497 e. The Hall–Kier alpha value is -2.58. The van der Waals surface area contributed by atoms with Crippen LogP contribution >= 0.6 is 0 Å². The third-order valence-electron chi connectivity index (χ3n) is 5.08. The lowest BCUT2D eigenvalue weighted by Gasteiger charge is -2.19. The molecule has 1 fully saturated rings. The monoisotopic (exact) mass is 418 g/mol. The van der Waals surface area contributed by atoms with E-state index in [1.807, 2.05) is 31.2 Å². The van der Waals surface area contributed by atoms with Crippen LogP contribution in [0.15, 0.2) is 47.4 Å². The molecule has 0 saturated carbocycles. The van der Waals surface area contributed by atoms with E-state index >= 15 is 0 Å². The third-order valence-corrected chi connectivity index (χ3v) is 6.98. The van der Waals surface area contributed by atoms with Gasteiger partial charge in [0.1, 0.15) is 11.5 Å². The van der Waals surface area contributed by atoms with E-state index in [1.165, 1.54) is 29.6 Å². The number of rotatable bonds is 7. The van der Waals surface area contributed by atoms with E-state index in [9.17, 15) is 13.2 Å². The molecule has 0 aromatic heterocycles. The Bertz CT molecular complexity index is 967. The molecule has 3 rings (SSSR count). The van der Waals surface area contributed by atoms with Gasteiger partial charge in [-0.3, -0.25) is 4.79 Å². The lowest BCUT2D eigenvalue weighted by molar-refractivity contribution is 0.0936. The zero-order valence-electron chi connectivity index (χ0n) is 16.8. The summed E-state index contributed by atoms with van der Waals surface area (Å²) >= 11 is 0. The fourth-order valence-corrected chi connectivity index (χ4v) is 4.90. The number of hydrogen-bond donors (Lipinski definition) is 1. The summed E-state index contributed by atoms with van der Waals surface area (Å²) in [5.41, 5.74) is 1.09. The van der Waals surface area contributed by atoms with E-state index in [2.05, 4.69) is 5.32 Å². The predicted molar refractivity (Wildman–Crippen MR) is 110 cm³/mol. The zero-order chi connectivity index (χ0) is 21.0. The maximum atomic E-state index is 12.9. The highest BCUT2D eigenvalue weighted by Crippen LogP contribution is 2.27. The molecule has 1 heterocycles. The predicted octanol–water partition coefficient (Wildman–Crippen LogP) is 2.98. The van der Waals surface area contributed by atoms with E-state index in [0.29, 0.717) is 18.8 Å². The molecule has 8 heteroatoms. The van der Waals surface area contributed by atoms with Gasteiger partial charge in [0, 0.05) is 13.1 Å². The van der Waals surface area contributed by atoms with E-state index in [0.717, 1.165) is 24.2 Å². The molecule has 1 atom stereocenters. The minimum atomic E-state index is -3.62. The number of carbonyl (C=O) groups excluding carboxylic acids is 1. The van der Waals surface area contributed by atoms with Crippen LogP contribution in [0, 0.1) is 0 Å². The molecule has 0 radical (unpaired) electrons. The maximum Gasteiger partial charge on any atom is 0.255 e. The molecular weight excluding hydrogens is 392 g/mol. The standard InChI is InChI=1S/C21H26N2O5S/c1-15(16-6-8-17(27-2)9-7-16)22-21(24)19-14-18(10-11-20(19)28-3)29(25,26)23-12-4-5-13-23/h6-11,14-15H,4-5,12-13H2,1-3H3,(H,22,24)/t15-/m1/s1. The summed E-state index contributed by atoms with van der Waals surface area (Å²) in [6, 6.07) is 11.5. The molecule has 1 aliphatic heterocycles. The number of ether oxygens (including phenoxy) is 2. The van der Waals surface area contributed by atoms with Gasteiger partial charge in [-0.15, -0.1) is 0 Å². The van der Waals surface area contributed by atoms with Crippen molar-refractivity contribution in [1.82, 2.24) is 9.62 Å². The normalized spacial score (nSPS) is 15.7. The molecule has 1 amide bonds. The Balaban J connectivity index is 1.84. The molecule has 1 saturated heterocycles. The van der Waals surface area contributed by atoms with Crippen LogP contribution in [-0.4, -0.2) is 45.9 Å². The van der Waals surface area contributed by atoms with E-state index in [1.54, 1.807) is 7.11 Å². The first-order valence-corrected chi connectivity index (χ1v) is 10.9. The minimum Gasteiger partial charge on any atom is -0.497 e.